The Kier molecular flexibility index (Phi) is 72.0. The Labute approximate surface area is 629 Å². The van der Waals surface area contributed by atoms with Gasteiger partial charge in [-0.05, 0) is 167 Å². The molecule has 0 saturated carbocycles. The summed E-state index contributed by atoms with van der Waals surface area (Å²) in [6.45, 7) is 4.41. The molecule has 0 aromatic carbocycles. The molecule has 0 bridgehead atoms. The average molecular weight is 1500 g/mol. The highest BCUT2D eigenvalue weighted by Crippen LogP contribution is 2.45. The predicted molar refractivity (Wildman–Crippen MR) is 427 cm³/mol. The minimum atomic E-state index is -5.00. The maximum atomic E-state index is 13.1. The van der Waals surface area contributed by atoms with Crippen molar-refractivity contribution in [2.24, 2.45) is 0 Å². The van der Waals surface area contributed by atoms with Crippen LogP contribution in [-0.4, -0.2) is 96.7 Å². The van der Waals surface area contributed by atoms with E-state index < -0.39 is 97.5 Å². The second-order valence-corrected chi connectivity index (χ2v) is 28.8. The number of carbonyl (C=O) groups is 4. The Bertz CT molecular complexity index is 2590. The molecule has 0 radical (unpaired) electrons. The number of rotatable bonds is 73. The van der Waals surface area contributed by atoms with E-state index in [1.54, 1.807) is 0 Å². The number of hydrogen-bond donors (Lipinski definition) is 3. The second-order valence-electron chi connectivity index (χ2n) is 25.9. The molecule has 0 saturated heterocycles. The normalized spacial score (nSPS) is 14.7. The topological polar surface area (TPSA) is 237 Å². The van der Waals surface area contributed by atoms with Gasteiger partial charge in [-0.25, -0.2) is 9.13 Å². The standard InChI is InChI=1S/C85H140O17P2/c1-5-9-13-17-21-25-29-33-36-38-39-41-44-47-50-54-58-62-66-70-83(88)96-76-81(102-85(90)72-68-64-60-56-52-48-42-35-31-27-23-19-15-11-7-3)78-100-104(93,94)98-74-79(86)73-97-103(91,92)99-77-80(101-84(89)71-67-63-59-55-51-45-32-28-24-20-16-12-8-4)75-95-82(87)69-65-61-57-53-49-46-43-40-37-34-30-26-22-18-14-10-6-2/h9-11,13-15,21-23,25-28,32-37,39,41-42,47,50,52,56,79-81,86H,5-8,12,16-20,24,29-31,38,40,43-46,48-49,51,53-55,57-78H2,1-4H3,(H,91,92)(H,93,94)/b13-9-,14-10-,15-11-,25-21-,26-22-,27-23-,32-28-,36-33-,37-34-,41-39-,42-35-,50-47-,56-52-. The van der Waals surface area contributed by atoms with Crippen LogP contribution in [0, 0.1) is 0 Å². The van der Waals surface area contributed by atoms with Crippen LogP contribution in [0.15, 0.2) is 158 Å². The first-order chi connectivity index (χ1) is 50.7. The number of carbonyl (C=O) groups excluding carboxylic acids is 4. The van der Waals surface area contributed by atoms with E-state index in [4.69, 9.17) is 37.0 Å². The Balaban J connectivity index is 5.43. The van der Waals surface area contributed by atoms with Crippen molar-refractivity contribution in [1.82, 2.24) is 0 Å². The van der Waals surface area contributed by atoms with Crippen molar-refractivity contribution in [3.8, 4) is 0 Å². The summed E-state index contributed by atoms with van der Waals surface area (Å²) in [6, 6.07) is 0. The third-order valence-corrected chi connectivity index (χ3v) is 17.9. The molecule has 0 aliphatic rings. The molecule has 0 amide bonds. The zero-order chi connectivity index (χ0) is 76.0. The quantitative estimate of drug-likeness (QED) is 0.0169. The van der Waals surface area contributed by atoms with Crippen LogP contribution in [0.4, 0.5) is 0 Å². The molecule has 5 unspecified atom stereocenters. The number of unbranched alkanes of at least 4 members (excludes halogenated alkanes) is 21. The molecule has 0 aliphatic carbocycles. The van der Waals surface area contributed by atoms with E-state index in [1.807, 2.05) is 0 Å². The molecular weight excluding hydrogens is 1350 g/mol. The van der Waals surface area contributed by atoms with Gasteiger partial charge in [0, 0.05) is 25.7 Å². The summed E-state index contributed by atoms with van der Waals surface area (Å²) in [7, 11) is -9.99. The SMILES string of the molecule is CC/C=C\C/C=C\C/C=C\C/C=C\C/C=C\CCCCCC(=O)OCC(COP(=O)(O)OCC(O)COP(=O)(O)OCC(COC(=O)CCCCCCCCC/C=C\C/C=C\C/C=C\CC)OC(=O)CCCCCCC/C=C\CCCCCC)OC(=O)CCCC/C=C\C/C=C\C/C=C\C/C=C\CC. The number of allylic oxidation sites excluding steroid dienone is 26. The molecule has 17 nitrogen and oxygen atoms in total. The summed E-state index contributed by atoms with van der Waals surface area (Å²) in [6.07, 6.45) is 88.0. The minimum Gasteiger partial charge on any atom is -0.462 e. The van der Waals surface area contributed by atoms with Gasteiger partial charge in [-0.2, -0.15) is 0 Å². The van der Waals surface area contributed by atoms with Crippen molar-refractivity contribution < 1.29 is 80.2 Å². The number of ether oxygens (including phenoxy) is 4. The van der Waals surface area contributed by atoms with Gasteiger partial charge in [-0.3, -0.25) is 37.3 Å². The van der Waals surface area contributed by atoms with Gasteiger partial charge in [0.15, 0.2) is 12.2 Å². The minimum absolute atomic E-state index is 0.0296. The molecule has 104 heavy (non-hydrogen) atoms. The monoisotopic (exact) mass is 1490 g/mol. The summed E-state index contributed by atoms with van der Waals surface area (Å²) in [5.41, 5.74) is 0. The molecule has 3 N–H and O–H groups in total. The van der Waals surface area contributed by atoms with Gasteiger partial charge in [0.05, 0.1) is 26.4 Å². The van der Waals surface area contributed by atoms with Crippen LogP contribution in [0.5, 0.6) is 0 Å². The number of hydrogen-bond acceptors (Lipinski definition) is 15. The second kappa shape index (κ2) is 75.9. The first kappa shape index (κ1) is 98.7. The van der Waals surface area contributed by atoms with Crippen molar-refractivity contribution >= 4 is 39.5 Å². The number of phosphoric ester groups is 2. The lowest BCUT2D eigenvalue weighted by Gasteiger charge is -2.21. The number of aliphatic hydroxyl groups excluding tert-OH is 1. The summed E-state index contributed by atoms with van der Waals surface area (Å²) in [5, 5.41) is 10.6. The molecule has 19 heteroatoms. The number of aliphatic hydroxyl groups is 1. The molecule has 5 atom stereocenters. The van der Waals surface area contributed by atoms with Gasteiger partial charge in [0.1, 0.15) is 19.3 Å². The van der Waals surface area contributed by atoms with E-state index in [2.05, 4.69) is 186 Å². The summed E-state index contributed by atoms with van der Waals surface area (Å²) < 4.78 is 68.5. The maximum Gasteiger partial charge on any atom is 0.472 e. The third-order valence-electron chi connectivity index (χ3n) is 16.0. The van der Waals surface area contributed by atoms with Crippen LogP contribution in [-0.2, 0) is 65.4 Å². The summed E-state index contributed by atoms with van der Waals surface area (Å²) >= 11 is 0. The predicted octanol–water partition coefficient (Wildman–Crippen LogP) is 23.2. The van der Waals surface area contributed by atoms with E-state index in [0.29, 0.717) is 32.1 Å². The Morgan fingerprint density at radius 3 is 0.808 bits per heavy atom. The largest absolute Gasteiger partial charge is 0.472 e. The van der Waals surface area contributed by atoms with E-state index in [9.17, 15) is 43.2 Å². The van der Waals surface area contributed by atoms with Crippen LogP contribution >= 0.6 is 15.6 Å². The van der Waals surface area contributed by atoms with Gasteiger partial charge in [0.2, 0.25) is 0 Å². The van der Waals surface area contributed by atoms with Crippen LogP contribution in [0.25, 0.3) is 0 Å². The summed E-state index contributed by atoms with van der Waals surface area (Å²) in [5.74, 6) is -2.29. The molecule has 0 aliphatic heterocycles. The highest BCUT2D eigenvalue weighted by atomic mass is 31.2. The van der Waals surface area contributed by atoms with Crippen molar-refractivity contribution in [2.75, 3.05) is 39.6 Å². The summed E-state index contributed by atoms with van der Waals surface area (Å²) in [4.78, 5) is 73.0. The van der Waals surface area contributed by atoms with E-state index in [0.717, 1.165) is 186 Å². The Morgan fingerprint density at radius 2 is 0.500 bits per heavy atom. The fourth-order valence-electron chi connectivity index (χ4n) is 10.0. The molecule has 592 valence electrons. The molecule has 0 spiro atoms. The van der Waals surface area contributed by atoms with E-state index in [-0.39, 0.29) is 25.7 Å². The lowest BCUT2D eigenvalue weighted by atomic mass is 10.1. The third kappa shape index (κ3) is 74.9. The average Bonchev–Trinajstić information content (AvgIpc) is 0.911. The molecule has 0 heterocycles. The zero-order valence-electron chi connectivity index (χ0n) is 64.6. The van der Waals surface area contributed by atoms with E-state index in [1.165, 1.54) is 25.7 Å². The Hall–Kier alpha value is -5.32. The molecule has 0 rings (SSSR count). The van der Waals surface area contributed by atoms with Gasteiger partial charge in [-0.15, -0.1) is 0 Å². The van der Waals surface area contributed by atoms with Gasteiger partial charge in [-0.1, -0.05) is 263 Å². The lowest BCUT2D eigenvalue weighted by Crippen LogP contribution is -2.30. The fourth-order valence-corrected chi connectivity index (χ4v) is 11.6. The smallest absolute Gasteiger partial charge is 0.462 e. The van der Waals surface area contributed by atoms with Crippen LogP contribution in [0.1, 0.15) is 297 Å². The molecular formula is C85H140O17P2. The van der Waals surface area contributed by atoms with Crippen LogP contribution in [0.2, 0.25) is 0 Å². The van der Waals surface area contributed by atoms with Crippen molar-refractivity contribution in [1.29, 1.82) is 0 Å². The van der Waals surface area contributed by atoms with Crippen LogP contribution < -0.4 is 0 Å². The first-order valence-electron chi connectivity index (χ1n) is 39.7. The molecule has 0 aromatic heterocycles. The van der Waals surface area contributed by atoms with Gasteiger partial charge >= 0.3 is 39.5 Å². The van der Waals surface area contributed by atoms with Gasteiger partial charge < -0.3 is 33.8 Å². The molecule has 0 aromatic rings. The Morgan fingerprint density at radius 1 is 0.279 bits per heavy atom. The molecule has 0 fully saturated rings. The first-order valence-corrected chi connectivity index (χ1v) is 42.7. The maximum absolute atomic E-state index is 13.1. The van der Waals surface area contributed by atoms with Crippen molar-refractivity contribution in [2.45, 2.75) is 316 Å². The van der Waals surface area contributed by atoms with Crippen LogP contribution in [0.3, 0.4) is 0 Å². The highest BCUT2D eigenvalue weighted by molar-refractivity contribution is 7.47. The fraction of sp³-hybridized carbons (Fsp3) is 0.647. The van der Waals surface area contributed by atoms with Gasteiger partial charge in [0.25, 0.3) is 0 Å². The lowest BCUT2D eigenvalue weighted by molar-refractivity contribution is -0.161. The van der Waals surface area contributed by atoms with Crippen molar-refractivity contribution in [3.05, 3.63) is 158 Å². The highest BCUT2D eigenvalue weighted by Gasteiger charge is 2.30. The zero-order valence-corrected chi connectivity index (χ0v) is 66.4. The van der Waals surface area contributed by atoms with Crippen molar-refractivity contribution in [3.63, 3.8) is 0 Å². The van der Waals surface area contributed by atoms with E-state index >= 15 is 0 Å². The number of esters is 4. The number of phosphoric acid groups is 2.